The average Bonchev–Trinajstić information content (AvgIpc) is 3.06. The Hall–Kier alpha value is -1.50. The number of hydrogen-bond donors (Lipinski definition) is 0. The average molecular weight is 369 g/mol. The van der Waals surface area contributed by atoms with Crippen molar-refractivity contribution in [2.24, 2.45) is 11.3 Å². The van der Waals surface area contributed by atoms with Crippen LogP contribution in [0, 0.1) is 18.3 Å². The molecule has 1 nitrogen and oxygen atoms in total. The summed E-state index contributed by atoms with van der Waals surface area (Å²) in [6.07, 6.45) is 9.46. The highest BCUT2D eigenvalue weighted by molar-refractivity contribution is 5.53. The zero-order valence-electron chi connectivity index (χ0n) is 19.3. The number of allylic oxidation sites excluding steroid dienone is 4. The van der Waals surface area contributed by atoms with E-state index < -0.39 is 0 Å². The van der Waals surface area contributed by atoms with E-state index in [0.29, 0.717) is 5.92 Å². The molecular formula is C26H40O. The van der Waals surface area contributed by atoms with Crippen LogP contribution in [-0.4, -0.2) is 7.11 Å². The minimum absolute atomic E-state index is 0.0528. The lowest BCUT2D eigenvalue weighted by Crippen LogP contribution is -2.33. The number of aryl methyl sites for hydroxylation is 1. The lowest BCUT2D eigenvalue weighted by atomic mass is 9.65. The minimum atomic E-state index is 0.0528. The van der Waals surface area contributed by atoms with Gasteiger partial charge in [0.1, 0.15) is 5.75 Å². The van der Waals surface area contributed by atoms with Gasteiger partial charge in [0.2, 0.25) is 0 Å². The van der Waals surface area contributed by atoms with Gasteiger partial charge in [0.05, 0.1) is 7.11 Å². The van der Waals surface area contributed by atoms with Gasteiger partial charge in [-0.1, -0.05) is 91.3 Å². The third kappa shape index (κ3) is 4.03. The lowest BCUT2D eigenvalue weighted by Gasteiger charge is -2.39. The van der Waals surface area contributed by atoms with Crippen LogP contribution in [-0.2, 0) is 10.8 Å². The summed E-state index contributed by atoms with van der Waals surface area (Å²) in [5.41, 5.74) is 5.75. The third-order valence-electron chi connectivity index (χ3n) is 6.39. The normalized spacial score (nSPS) is 18.0. The Morgan fingerprint density at radius 2 is 1.44 bits per heavy atom. The first kappa shape index (κ1) is 21.8. The molecule has 0 bridgehead atoms. The minimum Gasteiger partial charge on any atom is -0.496 e. The largest absolute Gasteiger partial charge is 0.496 e. The molecule has 1 unspecified atom stereocenters. The van der Waals surface area contributed by atoms with Crippen LogP contribution in [0.4, 0.5) is 0 Å². The first-order valence-corrected chi connectivity index (χ1v) is 10.5. The van der Waals surface area contributed by atoms with E-state index in [1.54, 1.807) is 0 Å². The van der Waals surface area contributed by atoms with Crippen LogP contribution < -0.4 is 4.74 Å². The number of ether oxygens (including phenoxy) is 1. The second kappa shape index (κ2) is 7.49. The van der Waals surface area contributed by atoms with E-state index in [0.717, 1.165) is 18.6 Å². The molecule has 2 rings (SSSR count). The van der Waals surface area contributed by atoms with Crippen molar-refractivity contribution in [3.05, 3.63) is 52.6 Å². The smallest absolute Gasteiger partial charge is 0.126 e. The van der Waals surface area contributed by atoms with Gasteiger partial charge in [-0.3, -0.25) is 0 Å². The number of rotatable bonds is 5. The molecular weight excluding hydrogens is 328 g/mol. The third-order valence-corrected chi connectivity index (χ3v) is 6.39. The molecule has 0 radical (unpaired) electrons. The van der Waals surface area contributed by atoms with E-state index in [-0.39, 0.29) is 16.2 Å². The molecule has 0 aliphatic heterocycles. The van der Waals surface area contributed by atoms with Crippen molar-refractivity contribution in [2.45, 2.75) is 86.0 Å². The van der Waals surface area contributed by atoms with Crippen LogP contribution in [0.25, 0.3) is 0 Å². The van der Waals surface area contributed by atoms with Gasteiger partial charge < -0.3 is 4.74 Å². The molecule has 1 atom stereocenters. The van der Waals surface area contributed by atoms with Crippen molar-refractivity contribution in [3.8, 4) is 5.75 Å². The Labute approximate surface area is 167 Å². The number of methoxy groups -OCH3 is 1. The Bertz CT molecular complexity index is 731. The molecule has 1 aliphatic rings. The summed E-state index contributed by atoms with van der Waals surface area (Å²) >= 11 is 0. The van der Waals surface area contributed by atoms with E-state index >= 15 is 0 Å². The maximum Gasteiger partial charge on any atom is 0.126 e. The molecule has 27 heavy (non-hydrogen) atoms. The van der Waals surface area contributed by atoms with Crippen LogP contribution in [0.5, 0.6) is 5.75 Å². The van der Waals surface area contributed by atoms with Gasteiger partial charge in [0, 0.05) is 22.5 Å². The molecule has 1 aromatic carbocycles. The van der Waals surface area contributed by atoms with E-state index in [2.05, 4.69) is 92.7 Å². The first-order chi connectivity index (χ1) is 12.4. The summed E-state index contributed by atoms with van der Waals surface area (Å²) in [7, 11) is 1.83. The van der Waals surface area contributed by atoms with E-state index in [9.17, 15) is 0 Å². The highest BCUT2D eigenvalue weighted by atomic mass is 16.5. The second-order valence-electron chi connectivity index (χ2n) is 10.3. The lowest BCUT2D eigenvalue weighted by molar-refractivity contribution is 0.310. The zero-order chi connectivity index (χ0) is 20.6. The Kier molecular flexibility index (Phi) is 6.05. The molecule has 1 aliphatic carbocycles. The van der Waals surface area contributed by atoms with E-state index in [4.69, 9.17) is 4.74 Å². The SMILES string of the molecule is CCC(CC)(c1cc(C)cc(C(C)(C)C)c1OC)C1C=CC(C(C)(C)C)=C1. The van der Waals surface area contributed by atoms with Crippen LogP contribution in [0.1, 0.15) is 84.9 Å². The molecule has 1 heteroatoms. The molecule has 0 N–H and O–H groups in total. The highest BCUT2D eigenvalue weighted by Gasteiger charge is 2.41. The van der Waals surface area contributed by atoms with Crippen molar-refractivity contribution < 1.29 is 4.74 Å². The molecule has 0 fully saturated rings. The fourth-order valence-corrected chi connectivity index (χ4v) is 4.56. The van der Waals surface area contributed by atoms with Gasteiger partial charge in [-0.15, -0.1) is 0 Å². The molecule has 0 saturated heterocycles. The Morgan fingerprint density at radius 3 is 1.85 bits per heavy atom. The van der Waals surface area contributed by atoms with Gasteiger partial charge in [0.25, 0.3) is 0 Å². The predicted molar refractivity (Wildman–Crippen MR) is 119 cm³/mol. The quantitative estimate of drug-likeness (QED) is 0.522. The van der Waals surface area contributed by atoms with Crippen molar-refractivity contribution in [2.75, 3.05) is 7.11 Å². The number of hydrogen-bond acceptors (Lipinski definition) is 1. The van der Waals surface area contributed by atoms with Crippen LogP contribution in [0.15, 0.2) is 35.9 Å². The Morgan fingerprint density at radius 1 is 0.889 bits per heavy atom. The molecule has 0 heterocycles. The molecule has 0 saturated carbocycles. The summed E-state index contributed by atoms with van der Waals surface area (Å²) in [6.45, 7) is 20.6. The van der Waals surface area contributed by atoms with Crippen molar-refractivity contribution >= 4 is 0 Å². The van der Waals surface area contributed by atoms with Crippen molar-refractivity contribution in [1.29, 1.82) is 0 Å². The fourth-order valence-electron chi connectivity index (χ4n) is 4.56. The monoisotopic (exact) mass is 368 g/mol. The van der Waals surface area contributed by atoms with E-state index in [1.165, 1.54) is 22.3 Å². The topological polar surface area (TPSA) is 9.23 Å². The summed E-state index contributed by atoms with van der Waals surface area (Å²) in [6, 6.07) is 4.68. The van der Waals surface area contributed by atoms with Crippen LogP contribution in [0.3, 0.4) is 0 Å². The van der Waals surface area contributed by atoms with Crippen LogP contribution in [0.2, 0.25) is 0 Å². The predicted octanol–water partition coefficient (Wildman–Crippen LogP) is 7.52. The first-order valence-electron chi connectivity index (χ1n) is 10.5. The molecule has 1 aromatic rings. The van der Waals surface area contributed by atoms with Crippen LogP contribution >= 0.6 is 0 Å². The summed E-state index contributed by atoms with van der Waals surface area (Å²) in [5, 5.41) is 0. The standard InChI is InChI=1S/C26H40O/c1-11-26(12-2,20-14-13-19(17-20)24(4,5)6)22-16-18(3)15-21(23(22)27-10)25(7,8)9/h13-17,20H,11-12H2,1-10H3. The van der Waals surface area contributed by atoms with Gasteiger partial charge in [0.15, 0.2) is 0 Å². The van der Waals surface area contributed by atoms with Crippen molar-refractivity contribution in [1.82, 2.24) is 0 Å². The zero-order valence-corrected chi connectivity index (χ0v) is 19.3. The van der Waals surface area contributed by atoms with Gasteiger partial charge in [-0.05, 0) is 36.2 Å². The summed E-state index contributed by atoms with van der Waals surface area (Å²) in [4.78, 5) is 0. The summed E-state index contributed by atoms with van der Waals surface area (Å²) < 4.78 is 6.08. The van der Waals surface area contributed by atoms with Gasteiger partial charge >= 0.3 is 0 Å². The van der Waals surface area contributed by atoms with Crippen molar-refractivity contribution in [3.63, 3.8) is 0 Å². The summed E-state index contributed by atoms with van der Waals surface area (Å²) in [5.74, 6) is 1.49. The maximum absolute atomic E-state index is 6.08. The molecule has 0 amide bonds. The fraction of sp³-hybridized carbons (Fsp3) is 0.615. The molecule has 0 spiro atoms. The molecule has 150 valence electrons. The second-order valence-corrected chi connectivity index (χ2v) is 10.3. The Balaban J connectivity index is 2.73. The highest BCUT2D eigenvalue weighted by Crippen LogP contribution is 2.50. The maximum atomic E-state index is 6.08. The van der Waals surface area contributed by atoms with E-state index in [1.807, 2.05) is 7.11 Å². The van der Waals surface area contributed by atoms with Gasteiger partial charge in [-0.25, -0.2) is 0 Å². The van der Waals surface area contributed by atoms with Gasteiger partial charge in [-0.2, -0.15) is 0 Å². The number of benzene rings is 1. The molecule has 0 aromatic heterocycles.